The lowest BCUT2D eigenvalue weighted by Crippen LogP contribution is -2.16. The molecule has 0 spiro atoms. The molecule has 0 amide bonds. The van der Waals surface area contributed by atoms with Gasteiger partial charge in [0, 0.05) is 0 Å². The minimum Gasteiger partial charge on any atom is -0.480 e. The molecule has 0 fully saturated rings. The zero-order chi connectivity index (χ0) is 6.85. The molecule has 0 bridgehead atoms. The van der Waals surface area contributed by atoms with Gasteiger partial charge in [-0.05, 0) is 0 Å². The third-order valence-electron chi connectivity index (χ3n) is 0.896. The summed E-state index contributed by atoms with van der Waals surface area (Å²) in [5.41, 5.74) is 0. The minimum absolute atomic E-state index is 0.304. The van der Waals surface area contributed by atoms with Gasteiger partial charge in [0.2, 0.25) is 0 Å². The topological polar surface area (TPSA) is 49.7 Å². The van der Waals surface area contributed by atoms with E-state index >= 15 is 0 Å². The van der Waals surface area contributed by atoms with Crippen LogP contribution in [-0.4, -0.2) is 27.4 Å². The van der Waals surface area contributed by atoms with E-state index in [-0.39, 0.29) is 0 Å². The highest BCUT2D eigenvalue weighted by Crippen LogP contribution is 2.22. The second-order valence-corrected chi connectivity index (χ2v) is 3.31. The highest BCUT2D eigenvalue weighted by Gasteiger charge is 2.24. The first kappa shape index (κ1) is 6.89. The Kier molecular flexibility index (Phi) is 1.97. The van der Waals surface area contributed by atoms with E-state index in [9.17, 15) is 4.79 Å². The maximum atomic E-state index is 10.2. The average Bonchev–Trinajstić information content (AvgIpc) is 2.14. The van der Waals surface area contributed by atoms with Crippen molar-refractivity contribution >= 4 is 33.8 Å². The van der Waals surface area contributed by atoms with Crippen LogP contribution < -0.4 is 0 Å². The Labute approximate surface area is 61.1 Å². The van der Waals surface area contributed by atoms with Crippen molar-refractivity contribution in [2.45, 2.75) is 5.25 Å². The van der Waals surface area contributed by atoms with E-state index in [0.29, 0.717) is 11.0 Å². The molecule has 0 aliphatic carbocycles. The summed E-state index contributed by atoms with van der Waals surface area (Å²) < 4.78 is 0.349. The average molecular weight is 166 g/mol. The molecule has 0 aromatic heterocycles. The number of aliphatic carboxylic acids is 1. The van der Waals surface area contributed by atoms with Gasteiger partial charge in [0.15, 0.2) is 4.50 Å². The lowest BCUT2D eigenvalue weighted by molar-refractivity contribution is -0.136. The molecule has 0 saturated heterocycles. The second-order valence-electron chi connectivity index (χ2n) is 1.54. The molecule has 0 saturated carbocycles. The molecule has 1 aliphatic rings. The number of thioether (sulfide) groups is 1. The lowest BCUT2D eigenvalue weighted by atomic mass is 10.4. The maximum absolute atomic E-state index is 10.2. The molecule has 1 heterocycles. The number of carboxylic acid groups (broad SMARTS) is 1. The monoisotopic (exact) mass is 165 g/mol. The molecule has 0 aromatic carbocycles. The van der Waals surface area contributed by atoms with Crippen LogP contribution in [0.5, 0.6) is 0 Å². The summed E-state index contributed by atoms with van der Waals surface area (Å²) in [6.45, 7) is 0.304. The van der Waals surface area contributed by atoms with E-state index < -0.39 is 11.2 Å². The summed E-state index contributed by atoms with van der Waals surface area (Å²) in [6, 6.07) is 0. The molecule has 1 rings (SSSR count). The fourth-order valence-corrected chi connectivity index (χ4v) is 1.50. The van der Waals surface area contributed by atoms with Crippen LogP contribution >= 0.6 is 23.4 Å². The fraction of sp³-hybridized carbons (Fsp3) is 0.500. The van der Waals surface area contributed by atoms with Crippen LogP contribution in [0.3, 0.4) is 0 Å². The van der Waals surface area contributed by atoms with Crippen molar-refractivity contribution in [3.05, 3.63) is 0 Å². The zero-order valence-electron chi connectivity index (χ0n) is 4.37. The number of nitrogens with zero attached hydrogens (tertiary/aromatic N) is 1. The molecule has 1 atom stereocenters. The second kappa shape index (κ2) is 2.58. The van der Waals surface area contributed by atoms with Gasteiger partial charge in [-0.25, -0.2) is 0 Å². The van der Waals surface area contributed by atoms with E-state index in [2.05, 4.69) is 4.99 Å². The van der Waals surface area contributed by atoms with Crippen molar-refractivity contribution in [1.82, 2.24) is 0 Å². The van der Waals surface area contributed by atoms with Gasteiger partial charge in [-0.3, -0.25) is 9.79 Å². The Hall–Kier alpha value is -0.220. The van der Waals surface area contributed by atoms with Gasteiger partial charge in [0.05, 0.1) is 6.54 Å². The van der Waals surface area contributed by atoms with Crippen LogP contribution in [-0.2, 0) is 4.79 Å². The van der Waals surface area contributed by atoms with Crippen LogP contribution in [0.1, 0.15) is 0 Å². The Balaban J connectivity index is 2.47. The number of hydrogen-bond acceptors (Lipinski definition) is 3. The number of carboxylic acids is 1. The first-order valence-corrected chi connectivity index (χ1v) is 3.55. The standard InChI is InChI=1S/C4H4ClNO2S/c5-4-6-1-2(9-4)3(7)8/h2H,1H2,(H,7,8). The van der Waals surface area contributed by atoms with Gasteiger partial charge < -0.3 is 5.11 Å². The van der Waals surface area contributed by atoms with Crippen LogP contribution in [0, 0.1) is 0 Å². The van der Waals surface area contributed by atoms with Crippen molar-refractivity contribution in [2.24, 2.45) is 4.99 Å². The third-order valence-corrected chi connectivity index (χ3v) is 2.24. The molecule has 0 aromatic rings. The first-order chi connectivity index (χ1) is 4.20. The Bertz CT molecular complexity index is 170. The molecule has 5 heteroatoms. The summed E-state index contributed by atoms with van der Waals surface area (Å²) in [4.78, 5) is 13.9. The van der Waals surface area contributed by atoms with Gasteiger partial charge in [-0.2, -0.15) is 0 Å². The number of halogens is 1. The third kappa shape index (κ3) is 1.59. The molecular weight excluding hydrogens is 162 g/mol. The van der Waals surface area contributed by atoms with Gasteiger partial charge in [-0.15, -0.1) is 0 Å². The number of rotatable bonds is 1. The quantitative estimate of drug-likeness (QED) is 0.625. The molecule has 1 aliphatic heterocycles. The largest absolute Gasteiger partial charge is 0.480 e. The Morgan fingerprint density at radius 2 is 2.67 bits per heavy atom. The number of aliphatic imine (C=N–C) groups is 1. The zero-order valence-corrected chi connectivity index (χ0v) is 5.95. The van der Waals surface area contributed by atoms with E-state index in [1.54, 1.807) is 0 Å². The Morgan fingerprint density at radius 3 is 2.89 bits per heavy atom. The lowest BCUT2D eigenvalue weighted by Gasteiger charge is -1.96. The first-order valence-electron chi connectivity index (χ1n) is 2.29. The van der Waals surface area contributed by atoms with Crippen LogP contribution in [0.15, 0.2) is 4.99 Å². The van der Waals surface area contributed by atoms with Crippen LogP contribution in [0.4, 0.5) is 0 Å². The normalized spacial score (nSPS) is 25.9. The summed E-state index contributed by atoms with van der Waals surface area (Å²) in [5.74, 6) is -0.848. The fourth-order valence-electron chi connectivity index (χ4n) is 0.475. The molecule has 0 radical (unpaired) electrons. The van der Waals surface area contributed by atoms with Crippen LogP contribution in [0.25, 0.3) is 0 Å². The maximum Gasteiger partial charge on any atom is 0.318 e. The number of carbonyl (C=O) groups is 1. The minimum atomic E-state index is -0.848. The highest BCUT2D eigenvalue weighted by atomic mass is 35.5. The van der Waals surface area contributed by atoms with E-state index in [0.717, 1.165) is 11.8 Å². The highest BCUT2D eigenvalue weighted by molar-refractivity contribution is 8.18. The molecular formula is C4H4ClNO2S. The van der Waals surface area contributed by atoms with Gasteiger partial charge >= 0.3 is 5.97 Å². The van der Waals surface area contributed by atoms with Gasteiger partial charge in [0.1, 0.15) is 5.25 Å². The molecule has 9 heavy (non-hydrogen) atoms. The smallest absolute Gasteiger partial charge is 0.318 e. The summed E-state index contributed by atoms with van der Waals surface area (Å²) in [6.07, 6.45) is 0. The van der Waals surface area contributed by atoms with Crippen molar-refractivity contribution < 1.29 is 9.90 Å². The van der Waals surface area contributed by atoms with Gasteiger partial charge in [0.25, 0.3) is 0 Å². The van der Waals surface area contributed by atoms with Crippen molar-refractivity contribution in [3.63, 3.8) is 0 Å². The van der Waals surface area contributed by atoms with Crippen LogP contribution in [0.2, 0.25) is 0 Å². The summed E-state index contributed by atoms with van der Waals surface area (Å²) in [5, 5.41) is 7.92. The Morgan fingerprint density at radius 1 is 2.00 bits per heavy atom. The summed E-state index contributed by atoms with van der Waals surface area (Å²) in [7, 11) is 0. The summed E-state index contributed by atoms with van der Waals surface area (Å²) >= 11 is 6.49. The predicted molar refractivity (Wildman–Crippen MR) is 37.2 cm³/mol. The number of hydrogen-bond donors (Lipinski definition) is 1. The van der Waals surface area contributed by atoms with Crippen molar-refractivity contribution in [1.29, 1.82) is 0 Å². The van der Waals surface area contributed by atoms with Crippen molar-refractivity contribution in [2.75, 3.05) is 6.54 Å². The van der Waals surface area contributed by atoms with Crippen molar-refractivity contribution in [3.8, 4) is 0 Å². The molecule has 1 N–H and O–H groups in total. The molecule has 3 nitrogen and oxygen atoms in total. The molecule has 1 unspecified atom stereocenters. The van der Waals surface area contributed by atoms with Gasteiger partial charge in [-0.1, -0.05) is 23.4 Å². The van der Waals surface area contributed by atoms with E-state index in [1.807, 2.05) is 0 Å². The predicted octanol–water partition coefficient (Wildman–Crippen LogP) is 0.781. The van der Waals surface area contributed by atoms with E-state index in [4.69, 9.17) is 16.7 Å². The SMILES string of the molecule is O=C(O)C1CN=C(Cl)S1. The molecule has 50 valence electrons. The van der Waals surface area contributed by atoms with E-state index in [1.165, 1.54) is 0 Å².